The molecule has 1 aromatic heterocycles. The van der Waals surface area contributed by atoms with Gasteiger partial charge in [-0.05, 0) is 32.1 Å². The molecule has 1 fully saturated rings. The van der Waals surface area contributed by atoms with Crippen molar-refractivity contribution in [3.63, 3.8) is 0 Å². The molecule has 0 radical (unpaired) electrons. The lowest BCUT2D eigenvalue weighted by Crippen LogP contribution is -2.25. The van der Waals surface area contributed by atoms with Crippen LogP contribution < -0.4 is 0 Å². The topological polar surface area (TPSA) is 63.3 Å². The molecule has 0 unspecified atom stereocenters. The predicted octanol–water partition coefficient (Wildman–Crippen LogP) is 3.05. The van der Waals surface area contributed by atoms with Crippen LogP contribution in [0.4, 0.5) is 8.78 Å². The first-order valence-corrected chi connectivity index (χ1v) is 5.95. The fourth-order valence-corrected chi connectivity index (χ4v) is 2.41. The Morgan fingerprint density at radius 2 is 2.11 bits per heavy atom. The Hall–Kier alpha value is -1.46. The highest BCUT2D eigenvalue weighted by atomic mass is 19.3. The first-order chi connectivity index (χ1) is 8.39. The van der Waals surface area contributed by atoms with Crippen LogP contribution in [0.5, 0.6) is 0 Å². The molecule has 0 atom stereocenters. The molecule has 1 saturated carbocycles. The Kier molecular flexibility index (Phi) is 3.36. The molecule has 0 spiro atoms. The van der Waals surface area contributed by atoms with Crippen LogP contribution in [-0.2, 0) is 6.42 Å². The fraction of sp³-hybridized carbons (Fsp3) is 0.667. The summed E-state index contributed by atoms with van der Waals surface area (Å²) in [4.78, 5) is 11.0. The zero-order valence-corrected chi connectivity index (χ0v) is 10.1. The molecule has 2 rings (SSSR count). The number of nitrogens with zero attached hydrogens (tertiary/aromatic N) is 1. The van der Waals surface area contributed by atoms with Gasteiger partial charge in [0.2, 0.25) is 5.92 Å². The summed E-state index contributed by atoms with van der Waals surface area (Å²) in [6, 6.07) is 0. The molecule has 4 nitrogen and oxygen atoms in total. The number of alkyl halides is 2. The molecule has 0 saturated heterocycles. The number of carbonyl (C=O) groups is 1. The van der Waals surface area contributed by atoms with Crippen molar-refractivity contribution in [2.45, 2.75) is 45.0 Å². The number of hydrogen-bond acceptors (Lipinski definition) is 3. The van der Waals surface area contributed by atoms with Gasteiger partial charge in [0, 0.05) is 12.8 Å². The average Bonchev–Trinajstić information content (AvgIpc) is 2.63. The van der Waals surface area contributed by atoms with Crippen LogP contribution >= 0.6 is 0 Å². The van der Waals surface area contributed by atoms with E-state index in [1.54, 1.807) is 0 Å². The quantitative estimate of drug-likeness (QED) is 0.906. The van der Waals surface area contributed by atoms with Crippen molar-refractivity contribution in [2.24, 2.45) is 5.92 Å². The second-order valence-corrected chi connectivity index (χ2v) is 4.87. The van der Waals surface area contributed by atoms with E-state index in [9.17, 15) is 13.6 Å². The van der Waals surface area contributed by atoms with E-state index in [0.717, 1.165) is 0 Å². The van der Waals surface area contributed by atoms with Crippen LogP contribution in [0.25, 0.3) is 0 Å². The van der Waals surface area contributed by atoms with Gasteiger partial charge in [-0.3, -0.25) is 0 Å². The molecule has 0 aromatic carbocycles. The molecule has 100 valence electrons. The highest BCUT2D eigenvalue weighted by Crippen LogP contribution is 2.37. The van der Waals surface area contributed by atoms with Crippen molar-refractivity contribution in [3.05, 3.63) is 17.0 Å². The SMILES string of the molecule is Cc1onc(CC2CCC(F)(F)CC2)c1C(=O)O. The summed E-state index contributed by atoms with van der Waals surface area (Å²) in [5, 5.41) is 12.8. The molecule has 1 aliphatic carbocycles. The maximum Gasteiger partial charge on any atom is 0.341 e. The number of aromatic nitrogens is 1. The van der Waals surface area contributed by atoms with Gasteiger partial charge in [-0.1, -0.05) is 5.16 Å². The summed E-state index contributed by atoms with van der Waals surface area (Å²) in [6.45, 7) is 1.54. The van der Waals surface area contributed by atoms with Gasteiger partial charge in [0.15, 0.2) is 0 Å². The van der Waals surface area contributed by atoms with Gasteiger partial charge in [0.25, 0.3) is 0 Å². The number of rotatable bonds is 3. The third kappa shape index (κ3) is 2.68. The number of carboxylic acid groups (broad SMARTS) is 1. The van der Waals surface area contributed by atoms with Gasteiger partial charge < -0.3 is 9.63 Å². The van der Waals surface area contributed by atoms with E-state index in [4.69, 9.17) is 9.63 Å². The maximum atomic E-state index is 13.0. The van der Waals surface area contributed by atoms with E-state index in [1.807, 2.05) is 0 Å². The van der Waals surface area contributed by atoms with Gasteiger partial charge in [0.05, 0.1) is 5.69 Å². The zero-order valence-electron chi connectivity index (χ0n) is 10.1. The van der Waals surface area contributed by atoms with Gasteiger partial charge in [-0.2, -0.15) is 0 Å². The Balaban J connectivity index is 2.05. The molecule has 0 amide bonds. The normalized spacial score (nSPS) is 19.9. The summed E-state index contributed by atoms with van der Waals surface area (Å²) in [7, 11) is 0. The molecule has 0 bridgehead atoms. The Morgan fingerprint density at radius 1 is 1.50 bits per heavy atom. The highest BCUT2D eigenvalue weighted by molar-refractivity contribution is 5.89. The minimum absolute atomic E-state index is 0.0622. The molecule has 1 heterocycles. The number of aryl methyl sites for hydroxylation is 1. The summed E-state index contributed by atoms with van der Waals surface area (Å²) in [5.41, 5.74) is 0.447. The molecule has 1 N–H and O–H groups in total. The monoisotopic (exact) mass is 259 g/mol. The second kappa shape index (κ2) is 4.66. The van der Waals surface area contributed by atoms with Crippen molar-refractivity contribution in [1.29, 1.82) is 0 Å². The van der Waals surface area contributed by atoms with E-state index in [1.165, 1.54) is 6.92 Å². The Morgan fingerprint density at radius 3 is 2.67 bits per heavy atom. The molecular formula is C12H15F2NO3. The van der Waals surface area contributed by atoms with Crippen molar-refractivity contribution in [3.8, 4) is 0 Å². The fourth-order valence-electron chi connectivity index (χ4n) is 2.41. The van der Waals surface area contributed by atoms with Crippen LogP contribution in [0.3, 0.4) is 0 Å². The van der Waals surface area contributed by atoms with Crippen LogP contribution in [0.2, 0.25) is 0 Å². The largest absolute Gasteiger partial charge is 0.477 e. The summed E-state index contributed by atoms with van der Waals surface area (Å²) >= 11 is 0. The predicted molar refractivity (Wildman–Crippen MR) is 58.8 cm³/mol. The van der Waals surface area contributed by atoms with E-state index in [-0.39, 0.29) is 30.1 Å². The summed E-state index contributed by atoms with van der Waals surface area (Å²) in [6.07, 6.45) is 0.943. The molecule has 1 aromatic rings. The summed E-state index contributed by atoms with van der Waals surface area (Å²) < 4.78 is 30.9. The summed E-state index contributed by atoms with van der Waals surface area (Å²) in [5.74, 6) is -3.32. The average molecular weight is 259 g/mol. The first-order valence-electron chi connectivity index (χ1n) is 5.95. The molecule has 18 heavy (non-hydrogen) atoms. The minimum Gasteiger partial charge on any atom is -0.477 e. The Bertz CT molecular complexity index is 446. The highest BCUT2D eigenvalue weighted by Gasteiger charge is 2.35. The number of carboxylic acids is 1. The number of hydrogen-bond donors (Lipinski definition) is 1. The van der Waals surface area contributed by atoms with Gasteiger partial charge in [-0.25, -0.2) is 13.6 Å². The second-order valence-electron chi connectivity index (χ2n) is 4.87. The third-order valence-electron chi connectivity index (χ3n) is 3.47. The lowest BCUT2D eigenvalue weighted by molar-refractivity contribution is -0.0458. The van der Waals surface area contributed by atoms with E-state index in [0.29, 0.717) is 25.0 Å². The first kappa shape index (κ1) is 13.0. The van der Waals surface area contributed by atoms with Crippen LogP contribution in [0.15, 0.2) is 4.52 Å². The molecule has 6 heteroatoms. The molecule has 1 aliphatic rings. The van der Waals surface area contributed by atoms with E-state index in [2.05, 4.69) is 5.16 Å². The molecular weight excluding hydrogens is 244 g/mol. The maximum absolute atomic E-state index is 13.0. The lowest BCUT2D eigenvalue weighted by Gasteiger charge is -2.27. The van der Waals surface area contributed by atoms with Crippen molar-refractivity contribution >= 4 is 5.97 Å². The van der Waals surface area contributed by atoms with Crippen LogP contribution in [-0.4, -0.2) is 22.2 Å². The van der Waals surface area contributed by atoms with Gasteiger partial charge in [0.1, 0.15) is 11.3 Å². The van der Waals surface area contributed by atoms with Crippen molar-refractivity contribution in [2.75, 3.05) is 0 Å². The van der Waals surface area contributed by atoms with Crippen molar-refractivity contribution < 1.29 is 23.2 Å². The Labute approximate surface area is 103 Å². The minimum atomic E-state index is -2.56. The molecule has 0 aliphatic heterocycles. The van der Waals surface area contributed by atoms with E-state index < -0.39 is 11.9 Å². The van der Waals surface area contributed by atoms with Crippen LogP contribution in [0.1, 0.15) is 47.5 Å². The number of halogens is 2. The lowest BCUT2D eigenvalue weighted by atomic mass is 9.83. The zero-order chi connectivity index (χ0) is 13.3. The standard InChI is InChI=1S/C12H15F2NO3/c1-7-10(11(16)17)9(15-18-7)6-8-2-4-12(13,14)5-3-8/h8H,2-6H2,1H3,(H,16,17). The smallest absolute Gasteiger partial charge is 0.341 e. The van der Waals surface area contributed by atoms with Crippen LogP contribution in [0, 0.1) is 12.8 Å². The van der Waals surface area contributed by atoms with Crippen molar-refractivity contribution in [1.82, 2.24) is 5.16 Å². The van der Waals surface area contributed by atoms with E-state index >= 15 is 0 Å². The number of aromatic carboxylic acids is 1. The van der Waals surface area contributed by atoms with Gasteiger partial charge in [-0.15, -0.1) is 0 Å². The van der Waals surface area contributed by atoms with Gasteiger partial charge >= 0.3 is 5.97 Å². The third-order valence-corrected chi connectivity index (χ3v) is 3.47.